The summed E-state index contributed by atoms with van der Waals surface area (Å²) < 4.78 is 5.65. The molecule has 0 aliphatic heterocycles. The predicted octanol–water partition coefficient (Wildman–Crippen LogP) is 4.75. The normalized spacial score (nSPS) is 12.2. The number of rotatable bonds is 8. The molecule has 2 amide bonds. The zero-order valence-corrected chi connectivity index (χ0v) is 19.1. The molecular formula is C24H31ClN2O3. The Hall–Kier alpha value is -2.53. The Balaban J connectivity index is 2.21. The van der Waals surface area contributed by atoms with Crippen LogP contribution in [0.3, 0.4) is 0 Å². The molecule has 0 saturated heterocycles. The van der Waals surface area contributed by atoms with E-state index in [1.54, 1.807) is 29.2 Å². The Kier molecular flexibility index (Phi) is 8.30. The number of hydrogen-bond donors (Lipinski definition) is 1. The third kappa shape index (κ3) is 7.38. The zero-order chi connectivity index (χ0) is 22.3. The van der Waals surface area contributed by atoms with Gasteiger partial charge in [-0.05, 0) is 63.9 Å². The third-order valence-corrected chi connectivity index (χ3v) is 4.79. The fourth-order valence-corrected chi connectivity index (χ4v) is 3.15. The SMILES string of the molecule is CCC(C(=O)NC(C)(C)C)N(Cc1ccc(C)cc1)C(=O)COc1ccc(Cl)cc1. The molecule has 1 atom stereocenters. The monoisotopic (exact) mass is 430 g/mol. The van der Waals surface area contributed by atoms with Gasteiger partial charge in [-0.3, -0.25) is 9.59 Å². The largest absolute Gasteiger partial charge is 0.484 e. The molecule has 0 radical (unpaired) electrons. The van der Waals surface area contributed by atoms with E-state index in [1.165, 1.54) is 0 Å². The molecule has 5 nitrogen and oxygen atoms in total. The van der Waals surface area contributed by atoms with Crippen LogP contribution in [0.2, 0.25) is 5.02 Å². The van der Waals surface area contributed by atoms with Gasteiger partial charge in [0.05, 0.1) is 0 Å². The third-order valence-electron chi connectivity index (χ3n) is 4.53. The number of halogens is 1. The number of carbonyl (C=O) groups is 2. The quantitative estimate of drug-likeness (QED) is 0.657. The van der Waals surface area contributed by atoms with E-state index < -0.39 is 6.04 Å². The maximum absolute atomic E-state index is 13.1. The first kappa shape index (κ1) is 23.7. The summed E-state index contributed by atoms with van der Waals surface area (Å²) in [4.78, 5) is 27.7. The molecule has 0 aliphatic rings. The highest BCUT2D eigenvalue weighted by Crippen LogP contribution is 2.18. The van der Waals surface area contributed by atoms with E-state index in [0.29, 0.717) is 23.7 Å². The summed E-state index contributed by atoms with van der Waals surface area (Å²) in [5, 5.41) is 3.59. The average Bonchev–Trinajstić information content (AvgIpc) is 2.67. The maximum Gasteiger partial charge on any atom is 0.261 e. The van der Waals surface area contributed by atoms with Crippen molar-refractivity contribution in [2.24, 2.45) is 0 Å². The molecule has 0 bridgehead atoms. The number of benzene rings is 2. The van der Waals surface area contributed by atoms with Crippen LogP contribution in [0, 0.1) is 6.92 Å². The summed E-state index contributed by atoms with van der Waals surface area (Å²) in [5.74, 6) is 0.133. The van der Waals surface area contributed by atoms with Gasteiger partial charge >= 0.3 is 0 Å². The molecule has 162 valence electrons. The molecule has 1 N–H and O–H groups in total. The number of carbonyl (C=O) groups excluding carboxylic acids is 2. The summed E-state index contributed by atoms with van der Waals surface area (Å²) in [7, 11) is 0. The van der Waals surface area contributed by atoms with Gasteiger partial charge in [-0.15, -0.1) is 0 Å². The topological polar surface area (TPSA) is 58.6 Å². The Morgan fingerprint density at radius 3 is 2.20 bits per heavy atom. The Bertz CT molecular complexity index is 842. The fraction of sp³-hybridized carbons (Fsp3) is 0.417. The van der Waals surface area contributed by atoms with Crippen molar-refractivity contribution < 1.29 is 14.3 Å². The number of nitrogens with one attached hydrogen (secondary N) is 1. The van der Waals surface area contributed by atoms with E-state index in [2.05, 4.69) is 5.32 Å². The molecule has 2 aromatic carbocycles. The van der Waals surface area contributed by atoms with Gasteiger partial charge in [0.25, 0.3) is 5.91 Å². The fourth-order valence-electron chi connectivity index (χ4n) is 3.02. The lowest BCUT2D eigenvalue weighted by Gasteiger charge is -2.33. The number of aryl methyl sites for hydroxylation is 1. The molecule has 0 fully saturated rings. The first-order valence-electron chi connectivity index (χ1n) is 10.1. The van der Waals surface area contributed by atoms with Crippen LogP contribution in [-0.2, 0) is 16.1 Å². The molecule has 0 saturated carbocycles. The molecule has 0 aliphatic carbocycles. The van der Waals surface area contributed by atoms with Gasteiger partial charge in [-0.2, -0.15) is 0 Å². The molecule has 0 aromatic heterocycles. The second-order valence-corrected chi connectivity index (χ2v) is 8.85. The smallest absolute Gasteiger partial charge is 0.261 e. The van der Waals surface area contributed by atoms with Gasteiger partial charge in [0.2, 0.25) is 5.91 Å². The van der Waals surface area contributed by atoms with Crippen molar-refractivity contribution in [2.45, 2.75) is 59.2 Å². The van der Waals surface area contributed by atoms with E-state index in [4.69, 9.17) is 16.3 Å². The molecule has 0 heterocycles. The molecule has 30 heavy (non-hydrogen) atoms. The highest BCUT2D eigenvalue weighted by Gasteiger charge is 2.30. The number of ether oxygens (including phenoxy) is 1. The first-order chi connectivity index (χ1) is 14.1. The standard InChI is InChI=1S/C24H31ClN2O3/c1-6-21(23(29)26-24(3,4)5)27(15-18-9-7-17(2)8-10-18)22(28)16-30-20-13-11-19(25)12-14-20/h7-14,21H,6,15-16H2,1-5H3,(H,26,29). The summed E-state index contributed by atoms with van der Waals surface area (Å²) in [6, 6.07) is 14.2. The number of nitrogens with zero attached hydrogens (tertiary/aromatic N) is 1. The first-order valence-corrected chi connectivity index (χ1v) is 10.5. The zero-order valence-electron chi connectivity index (χ0n) is 18.4. The van der Waals surface area contributed by atoms with Crippen molar-refractivity contribution >= 4 is 23.4 Å². The molecule has 1 unspecified atom stereocenters. The van der Waals surface area contributed by atoms with E-state index in [9.17, 15) is 9.59 Å². The second-order valence-electron chi connectivity index (χ2n) is 8.41. The Morgan fingerprint density at radius 2 is 1.67 bits per heavy atom. The Labute approximate surface area is 184 Å². The van der Waals surface area contributed by atoms with Crippen molar-refractivity contribution in [3.05, 3.63) is 64.7 Å². The Morgan fingerprint density at radius 1 is 1.07 bits per heavy atom. The molecule has 6 heteroatoms. The van der Waals surface area contributed by atoms with Crippen LogP contribution < -0.4 is 10.1 Å². The number of amides is 2. The molecule has 0 spiro atoms. The van der Waals surface area contributed by atoms with Gasteiger partial charge in [0, 0.05) is 17.1 Å². The summed E-state index contributed by atoms with van der Waals surface area (Å²) in [5.41, 5.74) is 1.71. The lowest BCUT2D eigenvalue weighted by Crippen LogP contribution is -2.54. The van der Waals surface area contributed by atoms with Crippen LogP contribution in [0.5, 0.6) is 5.75 Å². The predicted molar refractivity (Wildman–Crippen MR) is 121 cm³/mol. The van der Waals surface area contributed by atoms with Crippen LogP contribution in [-0.4, -0.2) is 34.9 Å². The lowest BCUT2D eigenvalue weighted by molar-refractivity contribution is -0.143. The van der Waals surface area contributed by atoms with E-state index in [0.717, 1.165) is 11.1 Å². The minimum atomic E-state index is -0.591. The van der Waals surface area contributed by atoms with Gasteiger partial charge in [-0.1, -0.05) is 48.4 Å². The van der Waals surface area contributed by atoms with Gasteiger partial charge in [0.1, 0.15) is 11.8 Å². The van der Waals surface area contributed by atoms with Crippen LogP contribution in [0.15, 0.2) is 48.5 Å². The van der Waals surface area contributed by atoms with Crippen molar-refractivity contribution in [3.63, 3.8) is 0 Å². The summed E-state index contributed by atoms with van der Waals surface area (Å²) in [6.07, 6.45) is 0.500. The van der Waals surface area contributed by atoms with Crippen molar-refractivity contribution in [1.82, 2.24) is 10.2 Å². The van der Waals surface area contributed by atoms with Gasteiger partial charge in [0.15, 0.2) is 6.61 Å². The van der Waals surface area contributed by atoms with E-state index >= 15 is 0 Å². The summed E-state index contributed by atoms with van der Waals surface area (Å²) >= 11 is 5.90. The lowest BCUT2D eigenvalue weighted by atomic mass is 10.1. The second kappa shape index (κ2) is 10.5. The van der Waals surface area contributed by atoms with Crippen LogP contribution in [0.25, 0.3) is 0 Å². The van der Waals surface area contributed by atoms with Crippen molar-refractivity contribution in [1.29, 1.82) is 0 Å². The maximum atomic E-state index is 13.1. The van der Waals surface area contributed by atoms with Crippen molar-refractivity contribution in [3.8, 4) is 5.75 Å². The van der Waals surface area contributed by atoms with Gasteiger partial charge in [-0.25, -0.2) is 0 Å². The number of hydrogen-bond acceptors (Lipinski definition) is 3. The van der Waals surface area contributed by atoms with E-state index in [1.807, 2.05) is 58.9 Å². The van der Waals surface area contributed by atoms with Crippen LogP contribution in [0.1, 0.15) is 45.2 Å². The minimum Gasteiger partial charge on any atom is -0.484 e. The minimum absolute atomic E-state index is 0.160. The van der Waals surface area contributed by atoms with Crippen molar-refractivity contribution in [2.75, 3.05) is 6.61 Å². The summed E-state index contributed by atoms with van der Waals surface area (Å²) in [6.45, 7) is 9.86. The van der Waals surface area contributed by atoms with E-state index in [-0.39, 0.29) is 24.0 Å². The highest BCUT2D eigenvalue weighted by atomic mass is 35.5. The molecular weight excluding hydrogens is 400 g/mol. The van der Waals surface area contributed by atoms with Crippen LogP contribution in [0.4, 0.5) is 0 Å². The highest BCUT2D eigenvalue weighted by molar-refractivity contribution is 6.30. The van der Waals surface area contributed by atoms with Crippen LogP contribution >= 0.6 is 11.6 Å². The molecule has 2 rings (SSSR count). The molecule has 2 aromatic rings. The average molecular weight is 431 g/mol. The van der Waals surface area contributed by atoms with Gasteiger partial charge < -0.3 is 15.0 Å².